The lowest BCUT2D eigenvalue weighted by molar-refractivity contribution is 0.0447. The zero-order valence-electron chi connectivity index (χ0n) is 29.4. The lowest BCUT2D eigenvalue weighted by Crippen LogP contribution is -2.50. The number of phenolic OH excluding ortho intramolecular Hbond substituents is 1. The molecule has 7 rings (SSSR count). The molecule has 0 spiro atoms. The number of benzene rings is 2. The topological polar surface area (TPSA) is 144 Å². The second-order valence-corrected chi connectivity index (χ2v) is 16.6. The van der Waals surface area contributed by atoms with Gasteiger partial charge in [-0.05, 0) is 92.9 Å². The summed E-state index contributed by atoms with van der Waals surface area (Å²) in [5.74, 6) is -0.921. The molecule has 0 unspecified atom stereocenters. The number of aliphatic hydroxyl groups is 1. The summed E-state index contributed by atoms with van der Waals surface area (Å²) in [4.78, 5) is 18.1. The molecule has 3 N–H and O–H groups in total. The Labute approximate surface area is 296 Å². The highest BCUT2D eigenvalue weighted by Gasteiger charge is 2.50. The van der Waals surface area contributed by atoms with Crippen LogP contribution >= 0.6 is 0 Å². The SMILES string of the molecule is CCc1c(F)ccc2cc(O)cc(-c3ncc4c(N5CCC[C@@](C)(O)C5)nc(OC[C@]56CCCN5[C@H](CNS(=O)(=O)N(C)C)CC6)nc4c3F)c12. The summed E-state index contributed by atoms with van der Waals surface area (Å²) in [5.41, 5.74) is -0.850. The van der Waals surface area contributed by atoms with Crippen LogP contribution in [0.15, 0.2) is 30.5 Å². The molecule has 3 saturated heterocycles. The summed E-state index contributed by atoms with van der Waals surface area (Å²) < 4.78 is 67.1. The van der Waals surface area contributed by atoms with Crippen molar-refractivity contribution in [3.63, 3.8) is 0 Å². The van der Waals surface area contributed by atoms with Crippen LogP contribution in [0.5, 0.6) is 11.8 Å². The molecule has 0 saturated carbocycles. The number of nitrogens with one attached hydrogen (secondary N) is 1. The van der Waals surface area contributed by atoms with Crippen molar-refractivity contribution in [2.45, 2.75) is 76.0 Å². The maximum atomic E-state index is 17.0. The third-order valence-corrected chi connectivity index (χ3v) is 12.4. The van der Waals surface area contributed by atoms with Gasteiger partial charge in [-0.1, -0.05) is 13.0 Å². The van der Waals surface area contributed by atoms with Crippen LogP contribution in [0.2, 0.25) is 0 Å². The Morgan fingerprint density at radius 2 is 1.90 bits per heavy atom. The zero-order chi connectivity index (χ0) is 36.3. The maximum absolute atomic E-state index is 17.0. The summed E-state index contributed by atoms with van der Waals surface area (Å²) in [6.45, 7) is 5.72. The Bertz CT molecular complexity index is 2100. The Balaban J connectivity index is 1.28. The van der Waals surface area contributed by atoms with E-state index in [1.807, 2.05) is 11.8 Å². The van der Waals surface area contributed by atoms with Gasteiger partial charge in [0.15, 0.2) is 5.82 Å². The number of hydrogen-bond donors (Lipinski definition) is 3. The van der Waals surface area contributed by atoms with Gasteiger partial charge >= 0.3 is 6.01 Å². The van der Waals surface area contributed by atoms with Crippen molar-refractivity contribution in [1.82, 2.24) is 28.9 Å². The number of anilines is 1. The molecule has 0 radical (unpaired) electrons. The van der Waals surface area contributed by atoms with Gasteiger partial charge < -0.3 is 19.8 Å². The van der Waals surface area contributed by atoms with E-state index in [2.05, 4.69) is 19.6 Å². The quantitative estimate of drug-likeness (QED) is 0.214. The van der Waals surface area contributed by atoms with Crippen molar-refractivity contribution in [2.75, 3.05) is 51.8 Å². The fourth-order valence-corrected chi connectivity index (χ4v) is 8.97. The first-order chi connectivity index (χ1) is 24.2. The van der Waals surface area contributed by atoms with Gasteiger partial charge in [-0.15, -0.1) is 0 Å². The minimum Gasteiger partial charge on any atom is -0.508 e. The first-order valence-corrected chi connectivity index (χ1v) is 19.0. The smallest absolute Gasteiger partial charge is 0.319 e. The number of ether oxygens (including phenoxy) is 1. The monoisotopic (exact) mass is 725 g/mol. The molecule has 51 heavy (non-hydrogen) atoms. The third-order valence-electron chi connectivity index (χ3n) is 10.9. The van der Waals surface area contributed by atoms with Crippen molar-refractivity contribution in [1.29, 1.82) is 0 Å². The summed E-state index contributed by atoms with van der Waals surface area (Å²) >= 11 is 0. The fraction of sp³-hybridized carbons (Fsp3) is 0.528. The molecule has 3 aliphatic rings. The number of phenols is 1. The van der Waals surface area contributed by atoms with E-state index >= 15 is 8.78 Å². The summed E-state index contributed by atoms with van der Waals surface area (Å²) in [6, 6.07) is 5.76. The summed E-state index contributed by atoms with van der Waals surface area (Å²) in [7, 11) is -0.593. The molecule has 12 nitrogen and oxygen atoms in total. The van der Waals surface area contributed by atoms with Gasteiger partial charge in [0, 0.05) is 51.5 Å². The van der Waals surface area contributed by atoms with Crippen molar-refractivity contribution in [2.24, 2.45) is 0 Å². The lowest BCUT2D eigenvalue weighted by atomic mass is 9.94. The van der Waals surface area contributed by atoms with Gasteiger partial charge in [0.2, 0.25) is 0 Å². The molecule has 2 aromatic carbocycles. The van der Waals surface area contributed by atoms with Crippen molar-refractivity contribution in [3.05, 3.63) is 47.7 Å². The van der Waals surface area contributed by atoms with Gasteiger partial charge in [-0.3, -0.25) is 9.88 Å². The molecule has 4 aromatic rings. The molecule has 15 heteroatoms. The Morgan fingerprint density at radius 3 is 2.65 bits per heavy atom. The second-order valence-electron chi connectivity index (χ2n) is 14.6. The van der Waals surface area contributed by atoms with E-state index in [1.165, 1.54) is 38.5 Å². The highest BCUT2D eigenvalue weighted by Crippen LogP contribution is 2.43. The molecule has 0 aliphatic carbocycles. The predicted octanol–water partition coefficient (Wildman–Crippen LogP) is 4.51. The highest BCUT2D eigenvalue weighted by atomic mass is 32.2. The van der Waals surface area contributed by atoms with Crippen molar-refractivity contribution >= 4 is 37.7 Å². The number of aromatic hydroxyl groups is 1. The maximum Gasteiger partial charge on any atom is 0.319 e. The normalized spacial score (nSPS) is 24.2. The molecule has 0 bridgehead atoms. The van der Waals surface area contributed by atoms with E-state index in [0.717, 1.165) is 36.5 Å². The minimum absolute atomic E-state index is 0.00414. The van der Waals surface area contributed by atoms with Crippen molar-refractivity contribution in [3.8, 4) is 23.0 Å². The standard InChI is InChI=1S/C36H45F2N7O5S/c1-5-25-28(37)9-8-22-16-24(46)17-26(29(22)25)31-30(38)32-27(19-39-31)33(44-14-6-11-35(2,47)20-44)42-34(41-32)50-21-36-12-7-15-45(36)23(10-13-36)18-40-51(48,49)43(3)4/h8-9,16-17,19,23,40,46-47H,5-7,10-15,18,20-21H2,1-4H3/t23-,35+,36+/m0/s1. The number of nitrogens with zero attached hydrogens (tertiary/aromatic N) is 6. The van der Waals surface area contributed by atoms with E-state index in [9.17, 15) is 18.6 Å². The number of β-amino-alcohol motifs (C(OH)–C–C–N with tert-alkyl or cyclic N) is 1. The molecule has 0 amide bonds. The van der Waals surface area contributed by atoms with Crippen LogP contribution in [-0.2, 0) is 16.6 Å². The number of piperidine rings is 1. The minimum atomic E-state index is -3.57. The number of aromatic nitrogens is 3. The molecule has 3 aliphatic heterocycles. The second kappa shape index (κ2) is 13.3. The van der Waals surface area contributed by atoms with Gasteiger partial charge in [-0.2, -0.15) is 22.7 Å². The van der Waals surface area contributed by atoms with E-state index in [1.54, 1.807) is 13.0 Å². The largest absolute Gasteiger partial charge is 0.508 e. The van der Waals surface area contributed by atoms with Gasteiger partial charge in [0.1, 0.15) is 35.2 Å². The van der Waals surface area contributed by atoms with Gasteiger partial charge in [-0.25, -0.2) is 13.5 Å². The summed E-state index contributed by atoms with van der Waals surface area (Å²) in [5, 5.41) is 23.0. The number of halogens is 2. The Kier molecular flexibility index (Phi) is 9.32. The molecule has 3 fully saturated rings. The Morgan fingerprint density at radius 1 is 1.12 bits per heavy atom. The summed E-state index contributed by atoms with van der Waals surface area (Å²) in [6.07, 6.45) is 6.49. The van der Waals surface area contributed by atoms with Crippen molar-refractivity contribution < 1.29 is 32.1 Å². The predicted molar refractivity (Wildman–Crippen MR) is 191 cm³/mol. The average Bonchev–Trinajstić information content (AvgIpc) is 3.65. The highest BCUT2D eigenvalue weighted by molar-refractivity contribution is 7.87. The van der Waals surface area contributed by atoms with Gasteiger partial charge in [0.05, 0.1) is 16.5 Å². The van der Waals surface area contributed by atoms with Crippen LogP contribution in [0.1, 0.15) is 57.9 Å². The van der Waals surface area contributed by atoms with Gasteiger partial charge in [0.25, 0.3) is 10.2 Å². The van der Waals surface area contributed by atoms with Crippen LogP contribution in [0.25, 0.3) is 32.9 Å². The van der Waals surface area contributed by atoms with E-state index in [4.69, 9.17) is 9.72 Å². The van der Waals surface area contributed by atoms with Crippen LogP contribution in [-0.4, -0.2) is 107 Å². The Hall–Kier alpha value is -3.76. The fourth-order valence-electron chi connectivity index (χ4n) is 8.31. The van der Waals surface area contributed by atoms with E-state index < -0.39 is 27.4 Å². The average molecular weight is 726 g/mol. The molecular formula is C36H45F2N7O5S. The van der Waals surface area contributed by atoms with Crippen LogP contribution < -0.4 is 14.4 Å². The first-order valence-electron chi connectivity index (χ1n) is 17.6. The number of rotatable bonds is 10. The molecule has 5 heterocycles. The number of hydrogen-bond acceptors (Lipinski definition) is 10. The lowest BCUT2D eigenvalue weighted by Gasteiger charge is -2.38. The third kappa shape index (κ3) is 6.58. The van der Waals surface area contributed by atoms with Crippen LogP contribution in [0.3, 0.4) is 0 Å². The molecule has 2 aromatic heterocycles. The number of pyridine rings is 1. The first kappa shape index (κ1) is 35.6. The number of aryl methyl sites for hydroxylation is 1. The zero-order valence-corrected chi connectivity index (χ0v) is 30.2. The number of fused-ring (bicyclic) bond motifs is 3. The van der Waals surface area contributed by atoms with E-state index in [0.29, 0.717) is 53.3 Å². The van der Waals surface area contributed by atoms with Crippen LogP contribution in [0.4, 0.5) is 14.6 Å². The van der Waals surface area contributed by atoms with Crippen LogP contribution in [0, 0.1) is 11.6 Å². The van der Waals surface area contributed by atoms with E-state index in [-0.39, 0.29) is 59.8 Å². The molecule has 274 valence electrons. The molecular weight excluding hydrogens is 681 g/mol. The molecule has 3 atom stereocenters.